The van der Waals surface area contributed by atoms with Crippen LogP contribution in [0.4, 0.5) is 0 Å². The fourth-order valence-electron chi connectivity index (χ4n) is 2.75. The van der Waals surface area contributed by atoms with Crippen molar-refractivity contribution in [2.24, 2.45) is 5.41 Å². The molecule has 0 fully saturated rings. The molecule has 6 heteroatoms. The van der Waals surface area contributed by atoms with Crippen LogP contribution in [0.15, 0.2) is 12.1 Å². The Morgan fingerprint density at radius 1 is 1.13 bits per heavy atom. The van der Waals surface area contributed by atoms with Crippen molar-refractivity contribution in [1.29, 1.82) is 0 Å². The van der Waals surface area contributed by atoms with E-state index in [9.17, 15) is 19.1 Å². The predicted molar refractivity (Wildman–Crippen MR) is 90.7 cm³/mol. The Balaban J connectivity index is 3.39. The van der Waals surface area contributed by atoms with Gasteiger partial charge in [0.25, 0.3) is 0 Å². The molecule has 130 valence electrons. The SMILES string of the molecule is Cc1cc(C)c(C(C)(C)CC(=O)C(C)(C)C)c(OP(=O)(O)O)c1. The van der Waals surface area contributed by atoms with E-state index in [0.29, 0.717) is 5.56 Å². The van der Waals surface area contributed by atoms with Gasteiger partial charge in [0.15, 0.2) is 0 Å². The Morgan fingerprint density at radius 2 is 1.65 bits per heavy atom. The quantitative estimate of drug-likeness (QED) is 0.789. The van der Waals surface area contributed by atoms with Crippen molar-refractivity contribution in [1.82, 2.24) is 0 Å². The molecule has 0 heterocycles. The molecule has 0 spiro atoms. The fraction of sp³-hybridized carbons (Fsp3) is 0.588. The number of phosphoric ester groups is 1. The summed E-state index contributed by atoms with van der Waals surface area (Å²) in [6, 6.07) is 3.52. The van der Waals surface area contributed by atoms with Gasteiger partial charge in [0.1, 0.15) is 11.5 Å². The molecular weight excluding hydrogens is 315 g/mol. The monoisotopic (exact) mass is 342 g/mol. The van der Waals surface area contributed by atoms with Gasteiger partial charge in [-0.1, -0.05) is 40.7 Å². The number of carbonyl (C=O) groups is 1. The first-order chi connectivity index (χ1) is 10.1. The van der Waals surface area contributed by atoms with Crippen molar-refractivity contribution >= 4 is 13.6 Å². The third-order valence-corrected chi connectivity index (χ3v) is 4.21. The lowest BCUT2D eigenvalue weighted by atomic mass is 9.73. The van der Waals surface area contributed by atoms with Crippen LogP contribution in [0.3, 0.4) is 0 Å². The lowest BCUT2D eigenvalue weighted by Gasteiger charge is -2.31. The topological polar surface area (TPSA) is 83.8 Å². The van der Waals surface area contributed by atoms with Crippen molar-refractivity contribution in [2.45, 2.75) is 60.3 Å². The molecule has 0 bridgehead atoms. The lowest BCUT2D eigenvalue weighted by Crippen LogP contribution is -2.30. The van der Waals surface area contributed by atoms with Crippen LogP contribution >= 0.6 is 7.82 Å². The third-order valence-electron chi connectivity index (χ3n) is 3.78. The minimum atomic E-state index is -4.68. The zero-order valence-corrected chi connectivity index (χ0v) is 15.8. The minimum Gasteiger partial charge on any atom is -0.404 e. The summed E-state index contributed by atoms with van der Waals surface area (Å²) in [6.45, 7) is 13.1. The molecule has 23 heavy (non-hydrogen) atoms. The van der Waals surface area contributed by atoms with E-state index >= 15 is 0 Å². The van der Waals surface area contributed by atoms with Crippen LogP contribution in [0.1, 0.15) is 57.7 Å². The van der Waals surface area contributed by atoms with Crippen molar-refractivity contribution in [2.75, 3.05) is 0 Å². The zero-order chi connectivity index (χ0) is 18.2. The van der Waals surface area contributed by atoms with E-state index in [1.807, 2.05) is 54.5 Å². The van der Waals surface area contributed by atoms with Crippen LogP contribution < -0.4 is 4.52 Å². The molecule has 2 N–H and O–H groups in total. The Kier molecular flexibility index (Phi) is 5.52. The summed E-state index contributed by atoms with van der Waals surface area (Å²) in [5.74, 6) is 0.229. The van der Waals surface area contributed by atoms with Gasteiger partial charge >= 0.3 is 7.82 Å². The molecule has 5 nitrogen and oxygen atoms in total. The normalized spacial score (nSPS) is 13.1. The molecule has 0 atom stereocenters. The van der Waals surface area contributed by atoms with Crippen molar-refractivity contribution in [3.63, 3.8) is 0 Å². The maximum Gasteiger partial charge on any atom is 0.524 e. The van der Waals surface area contributed by atoms with E-state index in [1.54, 1.807) is 6.07 Å². The second-order valence-corrected chi connectivity index (χ2v) is 8.93. The highest BCUT2D eigenvalue weighted by Gasteiger charge is 2.34. The van der Waals surface area contributed by atoms with Gasteiger partial charge in [-0.25, -0.2) is 4.57 Å². The number of carbonyl (C=O) groups excluding carboxylic acids is 1. The predicted octanol–water partition coefficient (Wildman–Crippen LogP) is 4.06. The standard InChI is InChI=1S/C17H27O5P/c1-11-8-12(2)15(13(9-11)22-23(19,20)21)17(6,7)10-14(18)16(3,4)5/h8-9H,10H2,1-7H3,(H2,19,20,21). The molecule has 1 aromatic rings. The van der Waals surface area contributed by atoms with Crippen LogP contribution in [-0.2, 0) is 14.8 Å². The summed E-state index contributed by atoms with van der Waals surface area (Å²) in [4.78, 5) is 30.8. The number of Topliss-reactive ketones (excluding diaryl/α,β-unsaturated/α-hetero) is 1. The molecule has 0 aromatic heterocycles. The molecule has 0 saturated carbocycles. The maximum atomic E-state index is 12.4. The smallest absolute Gasteiger partial charge is 0.404 e. The number of phosphoric acid groups is 1. The Morgan fingerprint density at radius 3 is 2.09 bits per heavy atom. The lowest BCUT2D eigenvalue weighted by molar-refractivity contribution is -0.127. The molecular formula is C17H27O5P. The largest absolute Gasteiger partial charge is 0.524 e. The van der Waals surface area contributed by atoms with Gasteiger partial charge in [-0.2, -0.15) is 0 Å². The number of rotatable bonds is 5. The van der Waals surface area contributed by atoms with Crippen molar-refractivity contribution in [3.8, 4) is 5.75 Å². The number of hydrogen-bond donors (Lipinski definition) is 2. The van der Waals surface area contributed by atoms with Gasteiger partial charge in [0, 0.05) is 22.8 Å². The minimum absolute atomic E-state index is 0.0876. The van der Waals surface area contributed by atoms with E-state index in [0.717, 1.165) is 11.1 Å². The first kappa shape index (κ1) is 19.9. The van der Waals surface area contributed by atoms with Gasteiger partial charge in [-0.15, -0.1) is 0 Å². The molecule has 1 aromatic carbocycles. The molecule has 0 radical (unpaired) electrons. The number of hydrogen-bond acceptors (Lipinski definition) is 3. The second-order valence-electron chi connectivity index (χ2n) is 7.77. The highest BCUT2D eigenvalue weighted by molar-refractivity contribution is 7.46. The van der Waals surface area contributed by atoms with E-state index < -0.39 is 18.7 Å². The van der Waals surface area contributed by atoms with E-state index in [2.05, 4.69) is 0 Å². The van der Waals surface area contributed by atoms with Crippen LogP contribution in [0.5, 0.6) is 5.75 Å². The van der Waals surface area contributed by atoms with Gasteiger partial charge in [0.05, 0.1) is 0 Å². The van der Waals surface area contributed by atoms with Crippen LogP contribution in [0.25, 0.3) is 0 Å². The highest BCUT2D eigenvalue weighted by atomic mass is 31.2. The van der Waals surface area contributed by atoms with Gasteiger partial charge in [0.2, 0.25) is 0 Å². The fourth-order valence-corrected chi connectivity index (χ4v) is 3.15. The molecule has 0 amide bonds. The summed E-state index contributed by atoms with van der Waals surface area (Å²) in [5.41, 5.74) is 1.27. The summed E-state index contributed by atoms with van der Waals surface area (Å²) < 4.78 is 16.2. The van der Waals surface area contributed by atoms with Gasteiger partial charge in [-0.3, -0.25) is 14.6 Å². The maximum absolute atomic E-state index is 12.4. The summed E-state index contributed by atoms with van der Waals surface area (Å²) in [5, 5.41) is 0. The molecule has 0 unspecified atom stereocenters. The number of ketones is 1. The zero-order valence-electron chi connectivity index (χ0n) is 14.9. The summed E-state index contributed by atoms with van der Waals surface area (Å²) in [6.07, 6.45) is 0.262. The van der Waals surface area contributed by atoms with Crippen LogP contribution in [0.2, 0.25) is 0 Å². The van der Waals surface area contributed by atoms with E-state index in [-0.39, 0.29) is 18.0 Å². The number of benzene rings is 1. The van der Waals surface area contributed by atoms with Crippen LogP contribution in [0, 0.1) is 19.3 Å². The van der Waals surface area contributed by atoms with Crippen molar-refractivity contribution < 1.29 is 23.7 Å². The Hall–Kier alpha value is -1.16. The second kappa shape index (κ2) is 6.39. The molecule has 0 aliphatic carbocycles. The molecule has 0 saturated heterocycles. The average Bonchev–Trinajstić information content (AvgIpc) is 2.21. The molecule has 0 aliphatic heterocycles. The average molecular weight is 342 g/mol. The number of aryl methyl sites for hydroxylation is 2. The highest BCUT2D eigenvalue weighted by Crippen LogP contribution is 2.45. The van der Waals surface area contributed by atoms with Gasteiger partial charge < -0.3 is 4.52 Å². The first-order valence-electron chi connectivity index (χ1n) is 7.54. The summed E-state index contributed by atoms with van der Waals surface area (Å²) in [7, 11) is -4.68. The summed E-state index contributed by atoms with van der Waals surface area (Å²) >= 11 is 0. The van der Waals surface area contributed by atoms with Crippen molar-refractivity contribution in [3.05, 3.63) is 28.8 Å². The molecule has 1 rings (SSSR count). The molecule has 0 aliphatic rings. The Labute approximate surface area is 138 Å². The van der Waals surface area contributed by atoms with Crippen LogP contribution in [-0.4, -0.2) is 15.6 Å². The Bertz CT molecular complexity index is 650. The van der Waals surface area contributed by atoms with E-state index in [1.165, 1.54) is 0 Å². The van der Waals surface area contributed by atoms with E-state index in [4.69, 9.17) is 4.52 Å². The first-order valence-corrected chi connectivity index (χ1v) is 9.07. The van der Waals surface area contributed by atoms with Gasteiger partial charge in [-0.05, 0) is 31.0 Å². The third kappa shape index (κ3) is 5.45.